The summed E-state index contributed by atoms with van der Waals surface area (Å²) in [7, 11) is 0. The Hall–Kier alpha value is -0.510. The summed E-state index contributed by atoms with van der Waals surface area (Å²) in [5, 5.41) is 3.67. The van der Waals surface area contributed by atoms with Crippen LogP contribution < -0.4 is 5.32 Å². The van der Waals surface area contributed by atoms with Crippen LogP contribution in [0.15, 0.2) is 23.2 Å². The lowest BCUT2D eigenvalue weighted by Gasteiger charge is -2.12. The number of aliphatic imine (C=N–C) groups is 1. The molecule has 1 rings (SSSR count). The Morgan fingerprint density at radius 2 is 1.76 bits per heavy atom. The summed E-state index contributed by atoms with van der Waals surface area (Å²) >= 11 is 17.0. The van der Waals surface area contributed by atoms with Crippen LogP contribution in [0.1, 0.15) is 13.8 Å². The van der Waals surface area contributed by atoms with Crippen molar-refractivity contribution in [1.82, 2.24) is 0 Å². The summed E-state index contributed by atoms with van der Waals surface area (Å²) in [4.78, 5) is 4.04. The number of hydrogen-bond donors (Lipinski definition) is 1. The molecule has 0 aliphatic rings. The third-order valence-electron chi connectivity index (χ3n) is 1.74. The smallest absolute Gasteiger partial charge is 0.230 e. The predicted octanol–water partition coefficient (Wildman–Crippen LogP) is 4.75. The van der Waals surface area contributed by atoms with E-state index in [1.54, 1.807) is 18.2 Å². The van der Waals surface area contributed by atoms with E-state index in [0.29, 0.717) is 15.7 Å². The van der Waals surface area contributed by atoms with Crippen molar-refractivity contribution in [1.29, 1.82) is 0 Å². The molecule has 17 heavy (non-hydrogen) atoms. The first-order valence-electron chi connectivity index (χ1n) is 4.97. The number of nitrogens with zero attached hydrogens (tertiary/aromatic N) is 1. The van der Waals surface area contributed by atoms with E-state index in [1.807, 2.05) is 13.8 Å². The topological polar surface area (TPSA) is 24.4 Å². The molecule has 94 valence electrons. The molecule has 0 amide bonds. The zero-order valence-electron chi connectivity index (χ0n) is 9.35. The average Bonchev–Trinajstić information content (AvgIpc) is 2.13. The van der Waals surface area contributed by atoms with E-state index < -0.39 is 5.63 Å². The van der Waals surface area contributed by atoms with E-state index in [1.165, 1.54) is 0 Å². The van der Waals surface area contributed by atoms with E-state index in [9.17, 15) is 4.39 Å². The van der Waals surface area contributed by atoms with Crippen molar-refractivity contribution in [2.75, 3.05) is 5.32 Å². The molecule has 0 saturated heterocycles. The molecule has 0 fully saturated rings. The maximum absolute atomic E-state index is 13.1. The normalized spacial score (nSPS) is 13.9. The van der Waals surface area contributed by atoms with E-state index in [0.717, 1.165) is 0 Å². The molecule has 0 radical (unpaired) electrons. The van der Waals surface area contributed by atoms with E-state index in [2.05, 4.69) is 10.3 Å². The molecule has 0 saturated carbocycles. The van der Waals surface area contributed by atoms with Crippen molar-refractivity contribution in [2.24, 2.45) is 4.99 Å². The fourth-order valence-corrected chi connectivity index (χ4v) is 1.83. The lowest BCUT2D eigenvalue weighted by molar-refractivity contribution is 0.530. The summed E-state index contributed by atoms with van der Waals surface area (Å²) in [6.45, 7) is 3.65. The molecule has 0 bridgehead atoms. The second-order valence-electron chi connectivity index (χ2n) is 3.69. The van der Waals surface area contributed by atoms with Gasteiger partial charge < -0.3 is 5.32 Å². The second-order valence-corrected chi connectivity index (χ2v) is 4.95. The fourth-order valence-electron chi connectivity index (χ4n) is 1.20. The molecule has 0 aromatic heterocycles. The van der Waals surface area contributed by atoms with Gasteiger partial charge in [0.1, 0.15) is 0 Å². The molecule has 1 N–H and O–H groups in total. The van der Waals surface area contributed by atoms with Crippen molar-refractivity contribution >= 4 is 46.3 Å². The molecule has 1 aromatic rings. The van der Waals surface area contributed by atoms with Gasteiger partial charge in [0.2, 0.25) is 5.63 Å². The zero-order valence-corrected chi connectivity index (χ0v) is 11.6. The van der Waals surface area contributed by atoms with Gasteiger partial charge in [-0.05, 0) is 32.0 Å². The first-order valence-corrected chi connectivity index (χ1v) is 6.16. The van der Waals surface area contributed by atoms with Crippen LogP contribution in [0.25, 0.3) is 0 Å². The summed E-state index contributed by atoms with van der Waals surface area (Å²) in [5.74, 6) is 0.0417. The molecule has 1 unspecified atom stereocenters. The van der Waals surface area contributed by atoms with Crippen LogP contribution in [0.3, 0.4) is 0 Å². The lowest BCUT2D eigenvalue weighted by Crippen LogP contribution is -2.21. The molecule has 1 atom stereocenters. The molecule has 6 heteroatoms. The first kappa shape index (κ1) is 14.6. The van der Waals surface area contributed by atoms with Gasteiger partial charge in [-0.15, -0.1) is 0 Å². The minimum absolute atomic E-state index is 0.0417. The highest BCUT2D eigenvalue weighted by molar-refractivity contribution is 6.35. The SMILES string of the molecule is CC(C)N=C(Nc1cc(Cl)cc(Cl)c1)C(F)Cl. The predicted molar refractivity (Wildman–Crippen MR) is 73.4 cm³/mol. The zero-order chi connectivity index (χ0) is 13.0. The Morgan fingerprint density at radius 1 is 1.24 bits per heavy atom. The summed E-state index contributed by atoms with van der Waals surface area (Å²) in [6.07, 6.45) is 0. The molecule has 0 aliphatic carbocycles. The van der Waals surface area contributed by atoms with Gasteiger partial charge in [-0.2, -0.15) is 0 Å². The van der Waals surface area contributed by atoms with Crippen LogP contribution in [0.4, 0.5) is 10.1 Å². The molecule has 0 aliphatic heterocycles. The van der Waals surface area contributed by atoms with Crippen LogP contribution in [-0.4, -0.2) is 17.5 Å². The van der Waals surface area contributed by atoms with Gasteiger partial charge in [-0.1, -0.05) is 34.8 Å². The maximum Gasteiger partial charge on any atom is 0.230 e. The highest BCUT2D eigenvalue weighted by Gasteiger charge is 2.12. The van der Waals surface area contributed by atoms with Gasteiger partial charge in [0.05, 0.1) is 0 Å². The second kappa shape index (κ2) is 6.43. The van der Waals surface area contributed by atoms with Gasteiger partial charge in [0.25, 0.3) is 0 Å². The standard InChI is InChI=1S/C11H12Cl3FN2/c1-6(2)16-11(10(14)15)17-9-4-7(12)3-8(13)5-9/h3-6,10H,1-2H3,(H,16,17). The van der Waals surface area contributed by atoms with E-state index in [4.69, 9.17) is 34.8 Å². The third-order valence-corrected chi connectivity index (χ3v) is 2.38. The van der Waals surface area contributed by atoms with Crippen LogP contribution in [0.5, 0.6) is 0 Å². The Kier molecular flexibility index (Phi) is 5.50. The molecular weight excluding hydrogens is 285 g/mol. The Bertz CT molecular complexity index is 399. The van der Waals surface area contributed by atoms with Crippen molar-refractivity contribution in [3.8, 4) is 0 Å². The largest absolute Gasteiger partial charge is 0.340 e. The number of amidine groups is 1. The molecule has 0 spiro atoms. The molecular formula is C11H12Cl3FN2. The van der Waals surface area contributed by atoms with Crippen LogP contribution in [-0.2, 0) is 0 Å². The summed E-state index contributed by atoms with van der Waals surface area (Å²) < 4.78 is 13.1. The number of hydrogen-bond acceptors (Lipinski definition) is 1. The quantitative estimate of drug-likeness (QED) is 0.486. The summed E-state index contributed by atoms with van der Waals surface area (Å²) in [5.41, 5.74) is -1.15. The summed E-state index contributed by atoms with van der Waals surface area (Å²) in [6, 6.07) is 4.75. The minimum Gasteiger partial charge on any atom is -0.340 e. The van der Waals surface area contributed by atoms with Crippen LogP contribution >= 0.6 is 34.8 Å². The van der Waals surface area contributed by atoms with Crippen molar-refractivity contribution in [3.63, 3.8) is 0 Å². The number of rotatable bonds is 3. The number of anilines is 1. The van der Waals surface area contributed by atoms with Gasteiger partial charge in [-0.25, -0.2) is 4.39 Å². The monoisotopic (exact) mass is 296 g/mol. The van der Waals surface area contributed by atoms with Gasteiger partial charge in [0.15, 0.2) is 5.84 Å². The van der Waals surface area contributed by atoms with Gasteiger partial charge in [0, 0.05) is 21.8 Å². The highest BCUT2D eigenvalue weighted by atomic mass is 35.5. The average molecular weight is 298 g/mol. The number of nitrogens with one attached hydrogen (secondary N) is 1. The maximum atomic E-state index is 13.1. The Balaban J connectivity index is 2.94. The molecule has 0 heterocycles. The Labute approximate surface area is 115 Å². The van der Waals surface area contributed by atoms with Crippen LogP contribution in [0, 0.1) is 0 Å². The van der Waals surface area contributed by atoms with Crippen molar-refractivity contribution in [3.05, 3.63) is 28.2 Å². The third kappa shape index (κ3) is 5.11. The molecule has 2 nitrogen and oxygen atoms in total. The van der Waals surface area contributed by atoms with Crippen molar-refractivity contribution < 1.29 is 4.39 Å². The number of halogens is 4. The minimum atomic E-state index is -1.70. The van der Waals surface area contributed by atoms with E-state index >= 15 is 0 Å². The highest BCUT2D eigenvalue weighted by Crippen LogP contribution is 2.23. The van der Waals surface area contributed by atoms with E-state index in [-0.39, 0.29) is 11.9 Å². The number of alkyl halides is 2. The molecule has 1 aromatic carbocycles. The lowest BCUT2D eigenvalue weighted by atomic mass is 10.3. The van der Waals surface area contributed by atoms with Crippen molar-refractivity contribution in [2.45, 2.75) is 25.5 Å². The first-order chi connectivity index (χ1) is 7.88. The van der Waals surface area contributed by atoms with Crippen LogP contribution in [0.2, 0.25) is 10.0 Å². The van der Waals surface area contributed by atoms with Gasteiger partial charge in [-0.3, -0.25) is 4.99 Å². The Morgan fingerprint density at radius 3 is 2.18 bits per heavy atom. The fraction of sp³-hybridized carbons (Fsp3) is 0.364. The van der Waals surface area contributed by atoms with Gasteiger partial charge >= 0.3 is 0 Å². The number of benzene rings is 1.